The Bertz CT molecular complexity index is 450. The van der Waals surface area contributed by atoms with E-state index >= 15 is 0 Å². The third-order valence-corrected chi connectivity index (χ3v) is 3.34. The van der Waals surface area contributed by atoms with Crippen molar-refractivity contribution in [3.63, 3.8) is 0 Å². The van der Waals surface area contributed by atoms with Crippen LogP contribution >= 0.6 is 0 Å². The number of nitrogens with one attached hydrogen (secondary N) is 1. The molecular formula is C12H18N4O2. The van der Waals surface area contributed by atoms with Crippen molar-refractivity contribution < 1.29 is 4.92 Å². The second kappa shape index (κ2) is 5.30. The maximum Gasteiger partial charge on any atom is 0.290 e. The standard InChI is InChI=1S/C12H18N4O2/c1-9-5-12(14-7-11(9)16(17)18)13-6-10-3-4-15(2)8-10/h5,7,10H,3-4,6,8H2,1-2H3,(H,13,14). The first-order valence-electron chi connectivity index (χ1n) is 6.09. The van der Waals surface area contributed by atoms with Crippen molar-refractivity contribution in [3.05, 3.63) is 27.9 Å². The van der Waals surface area contributed by atoms with Crippen molar-refractivity contribution in [3.8, 4) is 0 Å². The van der Waals surface area contributed by atoms with Gasteiger partial charge in [-0.1, -0.05) is 0 Å². The third kappa shape index (κ3) is 2.95. The minimum atomic E-state index is -0.405. The van der Waals surface area contributed by atoms with Gasteiger partial charge in [0.2, 0.25) is 0 Å². The zero-order valence-corrected chi connectivity index (χ0v) is 10.7. The van der Waals surface area contributed by atoms with E-state index in [-0.39, 0.29) is 5.69 Å². The maximum absolute atomic E-state index is 10.7. The maximum atomic E-state index is 10.7. The molecule has 0 spiro atoms. The van der Waals surface area contributed by atoms with E-state index in [1.807, 2.05) is 0 Å². The number of likely N-dealkylation sites (tertiary alicyclic amines) is 1. The minimum absolute atomic E-state index is 0.0705. The summed E-state index contributed by atoms with van der Waals surface area (Å²) < 4.78 is 0. The van der Waals surface area contributed by atoms with Crippen molar-refractivity contribution in [2.24, 2.45) is 5.92 Å². The van der Waals surface area contributed by atoms with Crippen LogP contribution in [0, 0.1) is 23.0 Å². The lowest BCUT2D eigenvalue weighted by molar-refractivity contribution is -0.385. The molecule has 1 aliphatic heterocycles. The Morgan fingerprint density at radius 3 is 3.00 bits per heavy atom. The van der Waals surface area contributed by atoms with Crippen LogP contribution in [0.3, 0.4) is 0 Å². The summed E-state index contributed by atoms with van der Waals surface area (Å²) in [6.07, 6.45) is 2.51. The monoisotopic (exact) mass is 250 g/mol. The van der Waals surface area contributed by atoms with Gasteiger partial charge in [-0.15, -0.1) is 0 Å². The van der Waals surface area contributed by atoms with Gasteiger partial charge in [0.15, 0.2) is 0 Å². The summed E-state index contributed by atoms with van der Waals surface area (Å²) in [6, 6.07) is 1.73. The molecule has 0 bridgehead atoms. The molecule has 0 radical (unpaired) electrons. The molecule has 0 aliphatic carbocycles. The molecule has 1 N–H and O–H groups in total. The van der Waals surface area contributed by atoms with E-state index in [1.165, 1.54) is 12.6 Å². The Kier molecular flexibility index (Phi) is 3.76. The Balaban J connectivity index is 1.94. The lowest BCUT2D eigenvalue weighted by atomic mass is 10.1. The Hall–Kier alpha value is -1.69. The zero-order valence-electron chi connectivity index (χ0n) is 10.7. The van der Waals surface area contributed by atoms with Crippen molar-refractivity contribution in [2.45, 2.75) is 13.3 Å². The highest BCUT2D eigenvalue weighted by Crippen LogP contribution is 2.20. The molecule has 2 heterocycles. The van der Waals surface area contributed by atoms with E-state index in [4.69, 9.17) is 0 Å². The average Bonchev–Trinajstić information content (AvgIpc) is 2.72. The van der Waals surface area contributed by atoms with Crippen LogP contribution < -0.4 is 5.32 Å². The topological polar surface area (TPSA) is 71.3 Å². The van der Waals surface area contributed by atoms with E-state index in [9.17, 15) is 10.1 Å². The summed E-state index contributed by atoms with van der Waals surface area (Å²) in [7, 11) is 2.12. The molecule has 0 saturated carbocycles. The van der Waals surface area contributed by atoms with Crippen LogP contribution in [0.4, 0.5) is 11.5 Å². The predicted octanol–water partition coefficient (Wildman–Crippen LogP) is 1.66. The fourth-order valence-corrected chi connectivity index (χ4v) is 2.28. The number of anilines is 1. The van der Waals surface area contributed by atoms with Gasteiger partial charge in [-0.25, -0.2) is 4.98 Å². The second-order valence-electron chi connectivity index (χ2n) is 4.91. The summed E-state index contributed by atoms with van der Waals surface area (Å²) in [5.41, 5.74) is 0.710. The number of pyridine rings is 1. The van der Waals surface area contributed by atoms with Crippen molar-refractivity contribution in [2.75, 3.05) is 32.0 Å². The number of aryl methyl sites for hydroxylation is 1. The molecule has 1 fully saturated rings. The van der Waals surface area contributed by atoms with Crippen molar-refractivity contribution in [1.82, 2.24) is 9.88 Å². The number of nitrogens with zero attached hydrogens (tertiary/aromatic N) is 3. The number of hydrogen-bond donors (Lipinski definition) is 1. The van der Waals surface area contributed by atoms with E-state index < -0.39 is 4.92 Å². The van der Waals surface area contributed by atoms with Gasteiger partial charge >= 0.3 is 0 Å². The molecule has 98 valence electrons. The van der Waals surface area contributed by atoms with Gasteiger partial charge in [0.05, 0.1) is 4.92 Å². The second-order valence-corrected chi connectivity index (χ2v) is 4.91. The fourth-order valence-electron chi connectivity index (χ4n) is 2.28. The first-order chi connectivity index (χ1) is 8.56. The average molecular weight is 250 g/mol. The highest BCUT2D eigenvalue weighted by Gasteiger charge is 2.19. The molecule has 0 aromatic carbocycles. The summed E-state index contributed by atoms with van der Waals surface area (Å²) in [4.78, 5) is 16.7. The molecule has 1 saturated heterocycles. The molecule has 18 heavy (non-hydrogen) atoms. The normalized spacial score (nSPS) is 20.0. The SMILES string of the molecule is Cc1cc(NCC2CCN(C)C2)ncc1[N+](=O)[O-]. The van der Waals surface area contributed by atoms with Gasteiger partial charge in [-0.2, -0.15) is 0 Å². The number of aromatic nitrogens is 1. The van der Waals surface area contributed by atoms with Crippen LogP contribution in [0.25, 0.3) is 0 Å². The van der Waals surface area contributed by atoms with E-state index in [1.54, 1.807) is 13.0 Å². The van der Waals surface area contributed by atoms with Crippen LogP contribution in [0.15, 0.2) is 12.3 Å². The molecule has 0 amide bonds. The molecular weight excluding hydrogens is 232 g/mol. The third-order valence-electron chi connectivity index (χ3n) is 3.34. The lowest BCUT2D eigenvalue weighted by Crippen LogP contribution is -2.19. The molecule has 6 heteroatoms. The van der Waals surface area contributed by atoms with Gasteiger partial charge in [0.1, 0.15) is 12.0 Å². The van der Waals surface area contributed by atoms with Crippen LogP contribution in [0.5, 0.6) is 0 Å². The molecule has 1 aromatic heterocycles. The lowest BCUT2D eigenvalue weighted by Gasteiger charge is -2.12. The fraction of sp³-hybridized carbons (Fsp3) is 0.583. The van der Waals surface area contributed by atoms with Crippen LogP contribution in [-0.4, -0.2) is 41.5 Å². The van der Waals surface area contributed by atoms with Gasteiger partial charge in [0, 0.05) is 18.7 Å². The molecule has 6 nitrogen and oxygen atoms in total. The molecule has 1 atom stereocenters. The minimum Gasteiger partial charge on any atom is -0.370 e. The molecule has 1 aromatic rings. The van der Waals surface area contributed by atoms with Crippen molar-refractivity contribution in [1.29, 1.82) is 0 Å². The number of nitro groups is 1. The molecule has 2 rings (SSSR count). The summed E-state index contributed by atoms with van der Waals surface area (Å²) in [5, 5.41) is 13.9. The van der Waals surface area contributed by atoms with E-state index in [2.05, 4.69) is 22.2 Å². The Morgan fingerprint density at radius 1 is 1.67 bits per heavy atom. The smallest absolute Gasteiger partial charge is 0.290 e. The summed E-state index contributed by atoms with van der Waals surface area (Å²) >= 11 is 0. The first-order valence-corrected chi connectivity index (χ1v) is 6.09. The van der Waals surface area contributed by atoms with Gasteiger partial charge < -0.3 is 10.2 Å². The highest BCUT2D eigenvalue weighted by molar-refractivity contribution is 5.46. The van der Waals surface area contributed by atoms with Crippen molar-refractivity contribution >= 4 is 11.5 Å². The molecule has 1 aliphatic rings. The molecule has 1 unspecified atom stereocenters. The predicted molar refractivity (Wildman–Crippen MR) is 69.7 cm³/mol. The van der Waals surface area contributed by atoms with Gasteiger partial charge in [-0.3, -0.25) is 10.1 Å². The quantitative estimate of drug-likeness (QED) is 0.650. The van der Waals surface area contributed by atoms with Crippen LogP contribution in [0.2, 0.25) is 0 Å². The summed E-state index contributed by atoms with van der Waals surface area (Å²) in [6.45, 7) is 4.83. The van der Waals surface area contributed by atoms with Crippen LogP contribution in [0.1, 0.15) is 12.0 Å². The Labute approximate surface area is 106 Å². The number of rotatable bonds is 4. The zero-order chi connectivity index (χ0) is 13.1. The first kappa shape index (κ1) is 12.8. The van der Waals surface area contributed by atoms with E-state index in [0.29, 0.717) is 17.3 Å². The van der Waals surface area contributed by atoms with Crippen LogP contribution in [-0.2, 0) is 0 Å². The number of hydrogen-bond acceptors (Lipinski definition) is 5. The highest BCUT2D eigenvalue weighted by atomic mass is 16.6. The Morgan fingerprint density at radius 2 is 2.44 bits per heavy atom. The largest absolute Gasteiger partial charge is 0.370 e. The van der Waals surface area contributed by atoms with Gasteiger partial charge in [-0.05, 0) is 38.9 Å². The van der Waals surface area contributed by atoms with Gasteiger partial charge in [0.25, 0.3) is 5.69 Å². The van der Waals surface area contributed by atoms with E-state index in [0.717, 1.165) is 19.6 Å². The summed E-state index contributed by atoms with van der Waals surface area (Å²) in [5.74, 6) is 1.35.